The van der Waals surface area contributed by atoms with Gasteiger partial charge in [0.05, 0.1) is 32.3 Å². The number of amides is 1. The molecule has 0 atom stereocenters. The maximum atomic E-state index is 14.3. The van der Waals surface area contributed by atoms with Gasteiger partial charge in [0.25, 0.3) is 5.91 Å². The predicted molar refractivity (Wildman–Crippen MR) is 184 cm³/mol. The molecule has 5 heteroatoms. The van der Waals surface area contributed by atoms with Crippen molar-refractivity contribution in [1.29, 1.82) is 0 Å². The van der Waals surface area contributed by atoms with Crippen molar-refractivity contribution in [2.45, 2.75) is 53.6 Å². The lowest BCUT2D eigenvalue weighted by Gasteiger charge is -2.37. The van der Waals surface area contributed by atoms with Crippen LogP contribution in [0, 0.1) is 13.8 Å². The van der Waals surface area contributed by atoms with E-state index < -0.39 is 0 Å². The summed E-state index contributed by atoms with van der Waals surface area (Å²) in [4.78, 5) is 16.3. The Morgan fingerprint density at radius 2 is 1.38 bits per heavy atom. The molecule has 0 aliphatic carbocycles. The number of carbonyl (C=O) groups is 1. The van der Waals surface area contributed by atoms with Crippen LogP contribution in [-0.2, 0) is 13.1 Å². The maximum absolute atomic E-state index is 14.3. The lowest BCUT2D eigenvalue weighted by Crippen LogP contribution is -3.00. The zero-order valence-corrected chi connectivity index (χ0v) is 29.1. The molecule has 5 rings (SSSR count). The molecule has 0 saturated carbocycles. The third kappa shape index (κ3) is 8.14. The summed E-state index contributed by atoms with van der Waals surface area (Å²) in [5.74, 6) is 0.667. The van der Waals surface area contributed by atoms with E-state index in [2.05, 4.69) is 94.4 Å². The van der Waals surface area contributed by atoms with Gasteiger partial charge in [0.15, 0.2) is 0 Å². The first-order valence-corrected chi connectivity index (χ1v) is 16.1. The fraction of sp³-hybridized carbons (Fsp3) is 0.325. The van der Waals surface area contributed by atoms with Crippen molar-refractivity contribution in [3.05, 3.63) is 125 Å². The third-order valence-electron chi connectivity index (χ3n) is 9.24. The molecule has 45 heavy (non-hydrogen) atoms. The van der Waals surface area contributed by atoms with Crippen molar-refractivity contribution in [2.75, 3.05) is 33.3 Å². The van der Waals surface area contributed by atoms with Crippen LogP contribution in [0.5, 0.6) is 5.75 Å². The second kappa shape index (κ2) is 15.6. The maximum Gasteiger partial charge on any atom is 0.257 e. The van der Waals surface area contributed by atoms with Gasteiger partial charge in [0.2, 0.25) is 0 Å². The number of hydrogen-bond acceptors (Lipinski definition) is 2. The van der Waals surface area contributed by atoms with E-state index in [1.165, 1.54) is 27.5 Å². The van der Waals surface area contributed by atoms with Crippen molar-refractivity contribution >= 4 is 27.5 Å². The van der Waals surface area contributed by atoms with Gasteiger partial charge in [0, 0.05) is 24.0 Å². The van der Waals surface area contributed by atoms with Crippen molar-refractivity contribution in [2.24, 2.45) is 0 Å². The summed E-state index contributed by atoms with van der Waals surface area (Å²) in [6.07, 6.45) is 2.00. The molecule has 236 valence electrons. The molecule has 0 spiro atoms. The highest BCUT2D eigenvalue weighted by Gasteiger charge is 2.25. The molecule has 0 aromatic heterocycles. The van der Waals surface area contributed by atoms with Gasteiger partial charge in [-0.2, -0.15) is 0 Å². The zero-order valence-electron chi connectivity index (χ0n) is 27.5. The van der Waals surface area contributed by atoms with Gasteiger partial charge >= 0.3 is 0 Å². The largest absolute Gasteiger partial charge is 1.00 e. The van der Waals surface area contributed by atoms with E-state index in [1.54, 1.807) is 7.11 Å². The van der Waals surface area contributed by atoms with E-state index in [0.717, 1.165) is 59.8 Å². The van der Waals surface area contributed by atoms with E-state index in [-0.39, 0.29) is 22.9 Å². The Balaban J connectivity index is 0.00000461. The van der Waals surface area contributed by atoms with Crippen LogP contribution < -0.4 is 21.7 Å². The lowest BCUT2D eigenvalue weighted by atomic mass is 10.0. The molecular weight excluding hydrogens is 620 g/mol. The van der Waals surface area contributed by atoms with Crippen LogP contribution >= 0.6 is 0 Å². The van der Waals surface area contributed by atoms with Crippen molar-refractivity contribution in [1.82, 2.24) is 4.90 Å². The van der Waals surface area contributed by atoms with Crippen LogP contribution in [0.2, 0.25) is 0 Å². The van der Waals surface area contributed by atoms with Crippen LogP contribution in [0.25, 0.3) is 21.5 Å². The van der Waals surface area contributed by atoms with Crippen LogP contribution in [0.1, 0.15) is 59.3 Å². The molecule has 0 bridgehead atoms. The zero-order chi connectivity index (χ0) is 31.1. The van der Waals surface area contributed by atoms with E-state index in [4.69, 9.17) is 4.74 Å². The minimum absolute atomic E-state index is 0. The molecule has 0 unspecified atom stereocenters. The average Bonchev–Trinajstić information content (AvgIpc) is 3.04. The standard InChI is InChI=1S/C40H47N2O2.BrH/c1-6-42(7-2,29-33-25-30(3)24-31(4)26-33)23-13-12-22-41(28-32-18-19-34-14-8-9-16-36(34)27-32)40(43)38-21-20-35-15-10-11-17-37(35)39(38)44-5;/h8-11,14-21,24-27H,6-7,12-13,22-23,28-29H2,1-5H3;1H/q+1;/p-1. The fourth-order valence-electron chi connectivity index (χ4n) is 6.75. The summed E-state index contributed by atoms with van der Waals surface area (Å²) in [5, 5.41) is 4.44. The van der Waals surface area contributed by atoms with Crippen LogP contribution in [0.4, 0.5) is 0 Å². The normalized spacial score (nSPS) is 11.4. The Morgan fingerprint density at radius 3 is 2.07 bits per heavy atom. The smallest absolute Gasteiger partial charge is 0.257 e. The molecular formula is C40H47BrN2O2. The minimum atomic E-state index is 0. The SMILES string of the molecule is CC[N+](CC)(CCCCN(Cc1ccc2ccccc2c1)C(=O)c1ccc2ccccc2c1OC)Cc1cc(C)cc(C)c1.[Br-]. The number of rotatable bonds is 13. The molecule has 0 aliphatic rings. The fourth-order valence-corrected chi connectivity index (χ4v) is 6.75. The number of nitrogens with zero attached hydrogens (tertiary/aromatic N) is 2. The first-order valence-electron chi connectivity index (χ1n) is 16.1. The number of methoxy groups -OCH3 is 1. The second-order valence-electron chi connectivity index (χ2n) is 12.3. The highest BCUT2D eigenvalue weighted by Crippen LogP contribution is 2.31. The number of halogens is 1. The Labute approximate surface area is 280 Å². The Hall–Kier alpha value is -3.67. The number of benzene rings is 5. The number of hydrogen-bond donors (Lipinski definition) is 0. The van der Waals surface area contributed by atoms with Gasteiger partial charge in [-0.15, -0.1) is 0 Å². The first kappa shape index (κ1) is 34.2. The van der Waals surface area contributed by atoms with Gasteiger partial charge in [0.1, 0.15) is 12.3 Å². The number of carbonyl (C=O) groups excluding carboxylic acids is 1. The summed E-state index contributed by atoms with van der Waals surface area (Å²) in [6.45, 7) is 14.6. The van der Waals surface area contributed by atoms with Gasteiger partial charge in [-0.05, 0) is 74.4 Å². The van der Waals surface area contributed by atoms with E-state index in [9.17, 15) is 4.79 Å². The molecule has 1 amide bonds. The van der Waals surface area contributed by atoms with Crippen molar-refractivity contribution in [3.63, 3.8) is 0 Å². The van der Waals surface area contributed by atoms with E-state index in [0.29, 0.717) is 24.4 Å². The van der Waals surface area contributed by atoms with E-state index in [1.807, 2.05) is 35.2 Å². The van der Waals surface area contributed by atoms with Gasteiger partial charge < -0.3 is 31.1 Å². The molecule has 4 nitrogen and oxygen atoms in total. The topological polar surface area (TPSA) is 29.5 Å². The van der Waals surface area contributed by atoms with Crippen LogP contribution in [-0.4, -0.2) is 48.6 Å². The van der Waals surface area contributed by atoms with Crippen LogP contribution in [0.3, 0.4) is 0 Å². The average molecular weight is 668 g/mol. The number of aryl methyl sites for hydroxylation is 2. The van der Waals surface area contributed by atoms with Gasteiger partial charge in [-0.1, -0.05) is 96.1 Å². The monoisotopic (exact) mass is 666 g/mol. The Bertz CT molecular complexity index is 1720. The Kier molecular flexibility index (Phi) is 11.8. The van der Waals surface area contributed by atoms with Crippen molar-refractivity contribution < 1.29 is 31.0 Å². The summed E-state index contributed by atoms with van der Waals surface area (Å²) in [6, 6.07) is 33.9. The molecule has 0 fully saturated rings. The molecule has 0 N–H and O–H groups in total. The number of quaternary nitrogens is 1. The highest BCUT2D eigenvalue weighted by molar-refractivity contribution is 6.03. The number of fused-ring (bicyclic) bond motifs is 2. The summed E-state index contributed by atoms with van der Waals surface area (Å²) < 4.78 is 6.92. The van der Waals surface area contributed by atoms with Crippen molar-refractivity contribution in [3.8, 4) is 5.75 Å². The summed E-state index contributed by atoms with van der Waals surface area (Å²) in [7, 11) is 1.66. The Morgan fingerprint density at radius 1 is 0.733 bits per heavy atom. The third-order valence-corrected chi connectivity index (χ3v) is 9.24. The summed E-state index contributed by atoms with van der Waals surface area (Å²) >= 11 is 0. The number of unbranched alkanes of at least 4 members (excludes halogenated alkanes) is 1. The first-order chi connectivity index (χ1) is 21.3. The molecule has 5 aromatic rings. The predicted octanol–water partition coefficient (Wildman–Crippen LogP) is 6.10. The lowest BCUT2D eigenvalue weighted by molar-refractivity contribution is -0.938. The molecule has 0 aliphatic heterocycles. The second-order valence-corrected chi connectivity index (χ2v) is 12.3. The molecule has 0 saturated heterocycles. The van der Waals surface area contributed by atoms with Gasteiger partial charge in [-0.3, -0.25) is 4.79 Å². The highest BCUT2D eigenvalue weighted by atomic mass is 79.9. The molecule has 0 heterocycles. The number of ether oxygens (including phenoxy) is 1. The van der Waals surface area contributed by atoms with Gasteiger partial charge in [-0.25, -0.2) is 0 Å². The summed E-state index contributed by atoms with van der Waals surface area (Å²) in [5.41, 5.74) is 5.84. The van der Waals surface area contributed by atoms with E-state index >= 15 is 0 Å². The minimum Gasteiger partial charge on any atom is -1.00 e. The molecule has 5 aromatic carbocycles. The van der Waals surface area contributed by atoms with Crippen LogP contribution in [0.15, 0.2) is 97.1 Å². The quantitative estimate of drug-likeness (QED) is 0.112. The molecule has 0 radical (unpaired) electrons.